The summed E-state index contributed by atoms with van der Waals surface area (Å²) >= 11 is 0. The van der Waals surface area contributed by atoms with Crippen molar-refractivity contribution in [2.24, 2.45) is 0 Å². The number of benzene rings is 1. The van der Waals surface area contributed by atoms with E-state index in [2.05, 4.69) is 48.6 Å². The van der Waals surface area contributed by atoms with Crippen LogP contribution < -0.4 is 4.90 Å². The average molecular weight is 711 g/mol. The van der Waals surface area contributed by atoms with Crippen LogP contribution in [0.1, 0.15) is 36.4 Å². The molecule has 5 aromatic rings. The van der Waals surface area contributed by atoms with Gasteiger partial charge in [-0.3, -0.25) is 25.1 Å². The first-order valence-corrected chi connectivity index (χ1v) is 12.1. The molecule has 4 aromatic heterocycles. The Labute approximate surface area is 238 Å². The summed E-state index contributed by atoms with van der Waals surface area (Å²) in [7, 11) is 0. The van der Waals surface area contributed by atoms with Crippen LogP contribution in [0.5, 0.6) is 0 Å². The largest absolute Gasteiger partial charge is 2.00 e. The maximum absolute atomic E-state index is 13.2. The molecule has 0 radical (unpaired) electrons. The van der Waals surface area contributed by atoms with E-state index in [1.165, 1.54) is 0 Å². The zero-order chi connectivity index (χ0) is 26.9. The van der Waals surface area contributed by atoms with Crippen molar-refractivity contribution < 1.29 is 34.2 Å². The second-order valence-electron chi connectivity index (χ2n) is 8.57. The number of hydrogen-bond donors (Lipinski definition) is 0. The molecule has 39 heavy (non-hydrogen) atoms. The number of hydrogen-bond acceptors (Lipinski definition) is 5. The van der Waals surface area contributed by atoms with Gasteiger partial charge in [0.15, 0.2) is 0 Å². The summed E-state index contributed by atoms with van der Waals surface area (Å²) in [5.41, 5.74) is 2.85. The van der Waals surface area contributed by atoms with Gasteiger partial charge in [-0.05, 0) is 41.8 Å². The predicted octanol–water partition coefficient (Wildman–Crippen LogP) is 6.37. The second kappa shape index (κ2) is 11.5. The third-order valence-corrected chi connectivity index (χ3v) is 6.00. The molecule has 0 amide bonds. The molecule has 0 saturated heterocycles. The number of rotatable bonds is 7. The van der Waals surface area contributed by atoms with Crippen LogP contribution in [0, 0.1) is 19.3 Å². The zero-order valence-electron chi connectivity index (χ0n) is 21.3. The van der Waals surface area contributed by atoms with Crippen LogP contribution in [0.3, 0.4) is 0 Å². The molecule has 0 bridgehead atoms. The van der Waals surface area contributed by atoms with Crippen LogP contribution in [0.2, 0.25) is 0 Å². The molecule has 1 aromatic carbocycles. The van der Waals surface area contributed by atoms with E-state index in [1.807, 2.05) is 36.1 Å². The molecule has 0 aliphatic carbocycles. The smallest absolute Gasteiger partial charge is 0.343 e. The molecule has 0 spiro atoms. The number of aromatic nitrogens is 6. The van der Waals surface area contributed by atoms with Crippen molar-refractivity contribution in [3.8, 4) is 11.6 Å². The Hall–Kier alpha value is -3.78. The summed E-state index contributed by atoms with van der Waals surface area (Å²) in [5, 5.41) is 8.07. The van der Waals surface area contributed by atoms with E-state index in [1.54, 1.807) is 28.9 Å². The first-order valence-electron chi connectivity index (χ1n) is 12.1. The number of pyridine rings is 2. The number of aryl methyl sites for hydroxylation is 3. The van der Waals surface area contributed by atoms with E-state index in [0.29, 0.717) is 17.5 Å². The Kier molecular flexibility index (Phi) is 8.35. The van der Waals surface area contributed by atoms with Crippen LogP contribution in [0.4, 0.5) is 30.5 Å². The van der Waals surface area contributed by atoms with Gasteiger partial charge in [0.2, 0.25) is 0 Å². The molecule has 0 saturated carbocycles. The van der Waals surface area contributed by atoms with E-state index >= 15 is 0 Å². The third-order valence-electron chi connectivity index (χ3n) is 6.00. The minimum absolute atomic E-state index is 0. The minimum Gasteiger partial charge on any atom is -0.343 e. The Bertz CT molecular complexity index is 1550. The van der Waals surface area contributed by atoms with E-state index < -0.39 is 11.9 Å². The maximum Gasteiger partial charge on any atom is 2.00 e. The second-order valence-corrected chi connectivity index (χ2v) is 8.57. The van der Waals surface area contributed by atoms with E-state index in [4.69, 9.17) is 9.97 Å². The van der Waals surface area contributed by atoms with Gasteiger partial charge in [-0.25, -0.2) is 0 Å². The summed E-state index contributed by atoms with van der Waals surface area (Å²) in [5.74, 6) is 1.81. The van der Waals surface area contributed by atoms with Crippen LogP contribution in [-0.2, 0) is 40.1 Å². The molecule has 5 rings (SSSR count). The molecule has 4 heterocycles. The summed E-state index contributed by atoms with van der Waals surface area (Å²) in [6.07, 6.45) is 2.52. The van der Waals surface area contributed by atoms with Crippen molar-refractivity contribution in [1.82, 2.24) is 29.5 Å². The fraction of sp³-hybridized carbons (Fsp3) is 0.214. The zero-order valence-corrected chi connectivity index (χ0v) is 23.6. The van der Waals surface area contributed by atoms with E-state index in [9.17, 15) is 13.2 Å². The number of anilines is 3. The van der Waals surface area contributed by atoms with Crippen LogP contribution in [0.25, 0.3) is 11.6 Å². The number of para-hydroxylation sites is 1. The van der Waals surface area contributed by atoms with Gasteiger partial charge in [-0.15, -0.1) is 12.1 Å². The standard InChI is InChI=1S/C28H24F3N7.Pt/c1-4-20-9-6-10-21(5-2)27(20)38(25-13-7-11-23(32-25)36-17-15-19(3)34-36)26-14-8-12-24(33-26)37-18-16-22(35-37)28(29,30)31;/h6-16H,4-5H2,1-3H3;/q-2;+2. The first kappa shape index (κ1) is 28.2. The van der Waals surface area contributed by atoms with Gasteiger partial charge in [0.1, 0.15) is 11.6 Å². The van der Waals surface area contributed by atoms with Gasteiger partial charge in [0.05, 0.1) is 23.0 Å². The van der Waals surface area contributed by atoms with Crippen molar-refractivity contribution >= 4 is 17.3 Å². The Morgan fingerprint density at radius 3 is 1.74 bits per heavy atom. The van der Waals surface area contributed by atoms with Gasteiger partial charge in [-0.2, -0.15) is 13.2 Å². The molecule has 0 atom stereocenters. The molecule has 0 N–H and O–H groups in total. The summed E-state index contributed by atoms with van der Waals surface area (Å²) in [6, 6.07) is 19.4. The van der Waals surface area contributed by atoms with Gasteiger partial charge >= 0.3 is 27.2 Å². The minimum atomic E-state index is -4.58. The number of halogens is 3. The first-order chi connectivity index (χ1) is 18.3. The molecular weight excluding hydrogens is 686 g/mol. The van der Waals surface area contributed by atoms with Crippen molar-refractivity contribution in [1.29, 1.82) is 0 Å². The molecule has 0 aliphatic heterocycles. The number of nitrogens with zero attached hydrogens (tertiary/aromatic N) is 7. The van der Waals surface area contributed by atoms with Crippen molar-refractivity contribution in [2.75, 3.05) is 4.90 Å². The van der Waals surface area contributed by atoms with Gasteiger partial charge in [0, 0.05) is 0 Å². The van der Waals surface area contributed by atoms with E-state index in [0.717, 1.165) is 46.1 Å². The van der Waals surface area contributed by atoms with Crippen LogP contribution in [0.15, 0.2) is 66.7 Å². The van der Waals surface area contributed by atoms with E-state index in [-0.39, 0.29) is 26.9 Å². The fourth-order valence-electron chi connectivity index (χ4n) is 4.19. The van der Waals surface area contributed by atoms with Gasteiger partial charge in [-0.1, -0.05) is 75.6 Å². The molecule has 202 valence electrons. The predicted molar refractivity (Wildman–Crippen MR) is 137 cm³/mol. The normalized spacial score (nSPS) is 11.3. The molecule has 0 fully saturated rings. The van der Waals surface area contributed by atoms with Crippen LogP contribution in [-0.4, -0.2) is 29.5 Å². The Morgan fingerprint density at radius 1 is 0.769 bits per heavy atom. The number of alkyl halides is 3. The summed E-state index contributed by atoms with van der Waals surface area (Å²) in [6.45, 7) is 6.02. The SMILES string of the molecule is CCc1cccc(CC)c1N(c1cccc(-n2[c-]cc(C)n2)n1)c1cccc(-n2[c-]cc(C(F)(F)F)n2)n1.[Pt+2]. The van der Waals surface area contributed by atoms with Crippen LogP contribution >= 0.6 is 0 Å². The topological polar surface area (TPSA) is 64.7 Å². The molecular formula is C28H24F3N7Pt. The summed E-state index contributed by atoms with van der Waals surface area (Å²) in [4.78, 5) is 11.5. The van der Waals surface area contributed by atoms with Gasteiger partial charge < -0.3 is 9.36 Å². The maximum atomic E-state index is 13.2. The monoisotopic (exact) mass is 710 g/mol. The average Bonchev–Trinajstić information content (AvgIpc) is 3.59. The molecule has 0 aliphatic rings. The van der Waals surface area contributed by atoms with Crippen molar-refractivity contribution in [3.63, 3.8) is 0 Å². The quantitative estimate of drug-likeness (QED) is 0.184. The van der Waals surface area contributed by atoms with Crippen molar-refractivity contribution in [2.45, 2.75) is 39.8 Å². The van der Waals surface area contributed by atoms with Crippen molar-refractivity contribution in [3.05, 3.63) is 102 Å². The third kappa shape index (κ3) is 5.81. The molecule has 11 heteroatoms. The molecule has 0 unspecified atom stereocenters. The molecule has 7 nitrogen and oxygen atoms in total. The fourth-order valence-corrected chi connectivity index (χ4v) is 4.19. The summed E-state index contributed by atoms with van der Waals surface area (Å²) < 4.78 is 42.1. The van der Waals surface area contributed by atoms with Gasteiger partial charge in [0.25, 0.3) is 0 Å². The Balaban J connectivity index is 0.00000353. The Morgan fingerprint density at radius 2 is 1.28 bits per heavy atom.